The molecule has 5 nitrogen and oxygen atoms in total. The summed E-state index contributed by atoms with van der Waals surface area (Å²) in [6.45, 7) is 4.06. The molecule has 0 fully saturated rings. The zero-order chi connectivity index (χ0) is 14.8. The predicted molar refractivity (Wildman–Crippen MR) is 82.7 cm³/mol. The fourth-order valence-electron chi connectivity index (χ4n) is 2.40. The van der Waals surface area contributed by atoms with Crippen LogP contribution in [0.5, 0.6) is 0 Å². The Hall–Kier alpha value is -2.69. The van der Waals surface area contributed by atoms with Crippen LogP contribution in [0.3, 0.4) is 0 Å². The van der Waals surface area contributed by atoms with Crippen LogP contribution in [-0.2, 0) is 0 Å². The Labute approximate surface area is 123 Å². The van der Waals surface area contributed by atoms with Crippen LogP contribution in [0.4, 0.5) is 5.69 Å². The van der Waals surface area contributed by atoms with Gasteiger partial charge in [-0.05, 0) is 41.5 Å². The predicted octanol–water partition coefficient (Wildman–Crippen LogP) is 2.84. The summed E-state index contributed by atoms with van der Waals surface area (Å²) in [4.78, 5) is 0. The lowest BCUT2D eigenvalue weighted by Crippen LogP contribution is -2.11. The lowest BCUT2D eigenvalue weighted by molar-refractivity contribution is 0.548. The molecule has 0 saturated carbocycles. The Bertz CT molecular complexity index is 748. The number of tetrazole rings is 1. The summed E-state index contributed by atoms with van der Waals surface area (Å²) in [5.74, 6) is 0.733. The maximum atomic E-state index is 5.99. The lowest BCUT2D eigenvalue weighted by atomic mass is 10.0. The highest BCUT2D eigenvalue weighted by Gasteiger charge is 2.17. The van der Waals surface area contributed by atoms with Gasteiger partial charge in [-0.1, -0.05) is 42.5 Å². The first-order chi connectivity index (χ1) is 10.2. The quantitative estimate of drug-likeness (QED) is 0.748. The van der Waals surface area contributed by atoms with Gasteiger partial charge in [0.25, 0.3) is 0 Å². The van der Waals surface area contributed by atoms with Gasteiger partial charge in [0.05, 0.1) is 6.04 Å². The van der Waals surface area contributed by atoms with Crippen LogP contribution in [0, 0.1) is 6.92 Å². The van der Waals surface area contributed by atoms with E-state index in [0.29, 0.717) is 0 Å². The summed E-state index contributed by atoms with van der Waals surface area (Å²) in [6, 6.07) is 16.0. The highest BCUT2D eigenvalue weighted by molar-refractivity contribution is 5.67. The maximum absolute atomic E-state index is 5.99. The third-order valence-corrected chi connectivity index (χ3v) is 3.76. The third-order valence-electron chi connectivity index (χ3n) is 3.76. The van der Waals surface area contributed by atoms with E-state index in [2.05, 4.69) is 34.6 Å². The molecule has 1 unspecified atom stereocenters. The van der Waals surface area contributed by atoms with Crippen molar-refractivity contribution in [3.8, 4) is 11.4 Å². The Kier molecular flexibility index (Phi) is 3.39. The van der Waals surface area contributed by atoms with Crippen LogP contribution in [0.25, 0.3) is 11.4 Å². The van der Waals surface area contributed by atoms with Gasteiger partial charge < -0.3 is 5.73 Å². The van der Waals surface area contributed by atoms with E-state index in [1.54, 1.807) is 0 Å². The normalized spacial score (nSPS) is 12.3. The van der Waals surface area contributed by atoms with E-state index in [1.807, 2.05) is 48.0 Å². The summed E-state index contributed by atoms with van der Waals surface area (Å²) >= 11 is 0. The molecule has 0 aliphatic heterocycles. The van der Waals surface area contributed by atoms with Gasteiger partial charge in [-0.25, -0.2) is 4.68 Å². The minimum atomic E-state index is 0.0528. The number of nitrogens with zero attached hydrogens (tertiary/aromatic N) is 4. The second kappa shape index (κ2) is 5.36. The van der Waals surface area contributed by atoms with E-state index in [4.69, 9.17) is 5.73 Å². The van der Waals surface area contributed by atoms with E-state index in [0.717, 1.165) is 28.2 Å². The molecule has 2 aromatic carbocycles. The van der Waals surface area contributed by atoms with E-state index in [9.17, 15) is 0 Å². The molecule has 0 radical (unpaired) electrons. The smallest absolute Gasteiger partial charge is 0.182 e. The average Bonchev–Trinajstić information content (AvgIpc) is 2.99. The summed E-state index contributed by atoms with van der Waals surface area (Å²) in [5, 5.41) is 12.2. The number of nitrogen functional groups attached to an aromatic ring is 1. The summed E-state index contributed by atoms with van der Waals surface area (Å²) < 4.78 is 1.83. The Morgan fingerprint density at radius 2 is 1.81 bits per heavy atom. The zero-order valence-electron chi connectivity index (χ0n) is 12.1. The first-order valence-corrected chi connectivity index (χ1v) is 6.86. The second-order valence-electron chi connectivity index (χ2n) is 5.05. The van der Waals surface area contributed by atoms with Crippen LogP contribution in [-0.4, -0.2) is 20.2 Å². The van der Waals surface area contributed by atoms with Crippen molar-refractivity contribution in [2.24, 2.45) is 0 Å². The second-order valence-corrected chi connectivity index (χ2v) is 5.05. The van der Waals surface area contributed by atoms with Gasteiger partial charge in [0.2, 0.25) is 0 Å². The van der Waals surface area contributed by atoms with Gasteiger partial charge >= 0.3 is 0 Å². The molecule has 3 rings (SSSR count). The van der Waals surface area contributed by atoms with Gasteiger partial charge in [-0.3, -0.25) is 0 Å². The summed E-state index contributed by atoms with van der Waals surface area (Å²) in [6.07, 6.45) is 0. The van der Waals surface area contributed by atoms with Gasteiger partial charge in [0, 0.05) is 11.3 Å². The minimum Gasteiger partial charge on any atom is -0.398 e. The number of hydrogen-bond donors (Lipinski definition) is 1. The van der Waals surface area contributed by atoms with Crippen molar-refractivity contribution in [2.45, 2.75) is 19.9 Å². The third kappa shape index (κ3) is 2.38. The van der Waals surface area contributed by atoms with Gasteiger partial charge in [-0.15, -0.1) is 5.10 Å². The number of hydrogen-bond acceptors (Lipinski definition) is 4. The molecule has 2 N–H and O–H groups in total. The molecule has 21 heavy (non-hydrogen) atoms. The van der Waals surface area contributed by atoms with Crippen molar-refractivity contribution in [2.75, 3.05) is 5.73 Å². The lowest BCUT2D eigenvalue weighted by Gasteiger charge is -2.15. The van der Waals surface area contributed by atoms with Gasteiger partial charge in [-0.2, -0.15) is 0 Å². The van der Waals surface area contributed by atoms with Crippen molar-refractivity contribution >= 4 is 5.69 Å². The molecule has 0 saturated heterocycles. The molecule has 1 aromatic heterocycles. The fraction of sp³-hybridized carbons (Fsp3) is 0.188. The highest BCUT2D eigenvalue weighted by Crippen LogP contribution is 2.28. The molecular formula is C16H17N5. The van der Waals surface area contributed by atoms with E-state index in [-0.39, 0.29) is 6.04 Å². The van der Waals surface area contributed by atoms with Gasteiger partial charge in [0.15, 0.2) is 5.82 Å². The SMILES string of the molecule is Cc1c(N)cccc1-c1nnnn1C(C)c1ccccc1. The van der Waals surface area contributed by atoms with Crippen molar-refractivity contribution in [1.82, 2.24) is 20.2 Å². The van der Waals surface area contributed by atoms with E-state index < -0.39 is 0 Å². The number of rotatable bonds is 3. The largest absolute Gasteiger partial charge is 0.398 e. The standard InChI is InChI=1S/C16H17N5/c1-11-14(9-6-10-15(11)17)16-18-19-20-21(16)12(2)13-7-4-3-5-8-13/h3-10,12H,17H2,1-2H3. The fourth-order valence-corrected chi connectivity index (χ4v) is 2.40. The van der Waals surface area contributed by atoms with Crippen molar-refractivity contribution in [3.63, 3.8) is 0 Å². The van der Waals surface area contributed by atoms with E-state index >= 15 is 0 Å². The molecule has 0 aliphatic rings. The molecule has 0 spiro atoms. The minimum absolute atomic E-state index is 0.0528. The summed E-state index contributed by atoms with van der Waals surface area (Å²) in [5.41, 5.74) is 9.85. The van der Waals surface area contributed by atoms with Gasteiger partial charge in [0.1, 0.15) is 0 Å². The number of benzene rings is 2. The van der Waals surface area contributed by atoms with Crippen molar-refractivity contribution < 1.29 is 0 Å². The Morgan fingerprint density at radius 1 is 1.05 bits per heavy atom. The molecule has 0 bridgehead atoms. The van der Waals surface area contributed by atoms with E-state index in [1.165, 1.54) is 0 Å². The maximum Gasteiger partial charge on any atom is 0.182 e. The molecule has 1 heterocycles. The molecule has 106 valence electrons. The van der Waals surface area contributed by atoms with Crippen molar-refractivity contribution in [3.05, 3.63) is 59.7 Å². The van der Waals surface area contributed by atoms with Crippen LogP contribution in [0.1, 0.15) is 24.1 Å². The zero-order valence-corrected chi connectivity index (χ0v) is 12.1. The monoisotopic (exact) mass is 279 g/mol. The van der Waals surface area contributed by atoms with Crippen LogP contribution in [0.15, 0.2) is 48.5 Å². The summed E-state index contributed by atoms with van der Waals surface area (Å²) in [7, 11) is 0. The number of anilines is 1. The van der Waals surface area contributed by atoms with Crippen LogP contribution < -0.4 is 5.73 Å². The topological polar surface area (TPSA) is 69.6 Å². The molecule has 0 aliphatic carbocycles. The molecular weight excluding hydrogens is 262 g/mol. The van der Waals surface area contributed by atoms with Crippen LogP contribution >= 0.6 is 0 Å². The Morgan fingerprint density at radius 3 is 2.57 bits per heavy atom. The first-order valence-electron chi connectivity index (χ1n) is 6.86. The molecule has 1 atom stereocenters. The molecule has 0 amide bonds. The molecule has 5 heteroatoms. The highest BCUT2D eigenvalue weighted by atomic mass is 15.5. The number of aromatic nitrogens is 4. The van der Waals surface area contributed by atoms with Crippen LogP contribution in [0.2, 0.25) is 0 Å². The number of nitrogens with two attached hydrogens (primary N) is 1. The average molecular weight is 279 g/mol. The van der Waals surface area contributed by atoms with Crippen molar-refractivity contribution in [1.29, 1.82) is 0 Å². The molecule has 3 aromatic rings. The Balaban J connectivity index is 2.08. The first kappa shape index (κ1) is 13.3.